The van der Waals surface area contributed by atoms with Crippen molar-refractivity contribution in [2.45, 2.75) is 12.5 Å². The third-order valence-electron chi connectivity index (χ3n) is 5.07. The monoisotopic (exact) mass is 443 g/mol. The van der Waals surface area contributed by atoms with Gasteiger partial charge in [0.2, 0.25) is 0 Å². The van der Waals surface area contributed by atoms with Gasteiger partial charge >= 0.3 is 5.63 Å². The number of rotatable bonds is 6. The predicted octanol–water partition coefficient (Wildman–Crippen LogP) is 2.15. The summed E-state index contributed by atoms with van der Waals surface area (Å²) in [6, 6.07) is 13.3. The van der Waals surface area contributed by atoms with Gasteiger partial charge in [0, 0.05) is 11.4 Å². The molecule has 0 bridgehead atoms. The number of benzene rings is 2. The van der Waals surface area contributed by atoms with Crippen LogP contribution in [0, 0.1) is 0 Å². The first-order valence-electron chi connectivity index (χ1n) is 9.68. The fraction of sp³-hybridized carbons (Fsp3) is 0.273. The predicted molar refractivity (Wildman–Crippen MR) is 115 cm³/mol. The first-order chi connectivity index (χ1) is 14.8. The van der Waals surface area contributed by atoms with Crippen LogP contribution in [0.2, 0.25) is 0 Å². The summed E-state index contributed by atoms with van der Waals surface area (Å²) in [6.45, 7) is -0.228. The average Bonchev–Trinajstić information content (AvgIpc) is 3.10. The van der Waals surface area contributed by atoms with Crippen molar-refractivity contribution in [2.75, 3.05) is 25.2 Å². The molecule has 0 unspecified atom stereocenters. The van der Waals surface area contributed by atoms with Gasteiger partial charge in [-0.3, -0.25) is 4.79 Å². The van der Waals surface area contributed by atoms with Gasteiger partial charge in [0.25, 0.3) is 5.91 Å². The van der Waals surface area contributed by atoms with Crippen LogP contribution in [0.5, 0.6) is 11.5 Å². The van der Waals surface area contributed by atoms with Crippen LogP contribution in [0.15, 0.2) is 57.7 Å². The Balaban J connectivity index is 1.43. The SMILES string of the molecule is COc1ccc2oc(=O)c(-c3ccc(OCC(=O)N[C@H]4CCS(=O)(=O)C4)cc3)cc2c1. The zero-order valence-corrected chi connectivity index (χ0v) is 17.6. The van der Waals surface area contributed by atoms with Gasteiger partial charge < -0.3 is 19.2 Å². The third-order valence-corrected chi connectivity index (χ3v) is 6.84. The van der Waals surface area contributed by atoms with Gasteiger partial charge in [-0.2, -0.15) is 0 Å². The van der Waals surface area contributed by atoms with E-state index in [1.54, 1.807) is 55.6 Å². The Morgan fingerprint density at radius 1 is 1.13 bits per heavy atom. The molecule has 0 radical (unpaired) electrons. The summed E-state index contributed by atoms with van der Waals surface area (Å²) < 4.78 is 39.0. The smallest absolute Gasteiger partial charge is 0.344 e. The summed E-state index contributed by atoms with van der Waals surface area (Å²) in [6.07, 6.45) is 0.420. The average molecular weight is 443 g/mol. The summed E-state index contributed by atoms with van der Waals surface area (Å²) in [4.78, 5) is 24.4. The number of fused-ring (bicyclic) bond motifs is 1. The summed E-state index contributed by atoms with van der Waals surface area (Å²) in [5.41, 5.74) is 1.05. The van der Waals surface area contributed by atoms with Crippen molar-refractivity contribution in [3.8, 4) is 22.6 Å². The van der Waals surface area contributed by atoms with Crippen molar-refractivity contribution >= 4 is 26.7 Å². The number of carbonyl (C=O) groups excluding carboxylic acids is 1. The second-order valence-corrected chi connectivity index (χ2v) is 9.56. The zero-order valence-electron chi connectivity index (χ0n) is 16.8. The van der Waals surface area contributed by atoms with Crippen LogP contribution in [0.25, 0.3) is 22.1 Å². The minimum absolute atomic E-state index is 0.0341. The molecule has 1 aliphatic heterocycles. The standard InChI is InChI=1S/C22H21NO7S/c1-28-18-6-7-20-15(10-18)11-19(22(25)30-20)14-2-4-17(5-3-14)29-12-21(24)23-16-8-9-31(26,27)13-16/h2-7,10-11,16H,8-9,12-13H2,1H3,(H,23,24)/t16-/m0/s1. The van der Waals surface area contributed by atoms with Crippen LogP contribution < -0.4 is 20.4 Å². The lowest BCUT2D eigenvalue weighted by molar-refractivity contribution is -0.123. The van der Waals surface area contributed by atoms with E-state index in [2.05, 4.69) is 5.32 Å². The van der Waals surface area contributed by atoms with Crippen molar-refractivity contribution in [1.29, 1.82) is 0 Å². The molecule has 1 N–H and O–H groups in total. The van der Waals surface area contributed by atoms with E-state index < -0.39 is 15.5 Å². The van der Waals surface area contributed by atoms with Gasteiger partial charge in [0.1, 0.15) is 17.1 Å². The van der Waals surface area contributed by atoms with E-state index >= 15 is 0 Å². The molecule has 1 atom stereocenters. The minimum Gasteiger partial charge on any atom is -0.497 e. The van der Waals surface area contributed by atoms with Crippen LogP contribution in [0.3, 0.4) is 0 Å². The fourth-order valence-corrected chi connectivity index (χ4v) is 5.16. The van der Waals surface area contributed by atoms with Crippen LogP contribution in [-0.2, 0) is 14.6 Å². The van der Waals surface area contributed by atoms with Crippen LogP contribution >= 0.6 is 0 Å². The summed E-state index contributed by atoms with van der Waals surface area (Å²) in [5, 5.41) is 3.40. The zero-order chi connectivity index (χ0) is 22.0. The van der Waals surface area contributed by atoms with Crippen LogP contribution in [0.1, 0.15) is 6.42 Å². The maximum absolute atomic E-state index is 12.4. The maximum Gasteiger partial charge on any atom is 0.344 e. The Morgan fingerprint density at radius 2 is 1.87 bits per heavy atom. The van der Waals surface area contributed by atoms with Gasteiger partial charge in [0.15, 0.2) is 16.4 Å². The normalized spacial score (nSPS) is 17.4. The van der Waals surface area contributed by atoms with E-state index in [4.69, 9.17) is 13.9 Å². The van der Waals surface area contributed by atoms with E-state index in [0.29, 0.717) is 34.6 Å². The van der Waals surface area contributed by atoms with Crippen molar-refractivity contribution < 1.29 is 27.1 Å². The molecule has 162 valence electrons. The number of methoxy groups -OCH3 is 1. The Labute approximate surface area is 178 Å². The number of ether oxygens (including phenoxy) is 2. The van der Waals surface area contributed by atoms with Crippen molar-refractivity contribution in [1.82, 2.24) is 5.32 Å². The largest absolute Gasteiger partial charge is 0.497 e. The van der Waals surface area contributed by atoms with Gasteiger partial charge in [-0.1, -0.05) is 12.1 Å². The molecule has 1 saturated heterocycles. The third kappa shape index (κ3) is 4.88. The molecule has 1 fully saturated rings. The molecule has 4 rings (SSSR count). The van der Waals surface area contributed by atoms with E-state index in [0.717, 1.165) is 5.39 Å². The summed E-state index contributed by atoms with van der Waals surface area (Å²) in [7, 11) is -1.49. The second-order valence-electron chi connectivity index (χ2n) is 7.33. The number of sulfone groups is 1. The highest BCUT2D eigenvalue weighted by molar-refractivity contribution is 7.91. The maximum atomic E-state index is 12.4. The Morgan fingerprint density at radius 3 is 2.55 bits per heavy atom. The lowest BCUT2D eigenvalue weighted by Crippen LogP contribution is -2.38. The molecule has 9 heteroatoms. The van der Waals surface area contributed by atoms with Gasteiger partial charge in [-0.25, -0.2) is 13.2 Å². The Hall–Kier alpha value is -3.33. The van der Waals surface area contributed by atoms with E-state index in [1.807, 2.05) is 0 Å². The first kappa shape index (κ1) is 20.9. The fourth-order valence-electron chi connectivity index (χ4n) is 3.49. The highest BCUT2D eigenvalue weighted by Gasteiger charge is 2.28. The number of hydrogen-bond acceptors (Lipinski definition) is 7. The van der Waals surface area contributed by atoms with E-state index in [1.165, 1.54) is 0 Å². The van der Waals surface area contributed by atoms with E-state index in [9.17, 15) is 18.0 Å². The van der Waals surface area contributed by atoms with Gasteiger partial charge in [0.05, 0.1) is 24.2 Å². The molecular weight excluding hydrogens is 422 g/mol. The topological polar surface area (TPSA) is 112 Å². The number of amides is 1. The molecule has 0 spiro atoms. The highest BCUT2D eigenvalue weighted by atomic mass is 32.2. The lowest BCUT2D eigenvalue weighted by atomic mass is 10.1. The molecule has 2 heterocycles. The molecule has 1 amide bonds. The molecule has 0 aliphatic carbocycles. The number of hydrogen-bond donors (Lipinski definition) is 1. The van der Waals surface area contributed by atoms with Crippen molar-refractivity contribution in [3.05, 3.63) is 59.0 Å². The van der Waals surface area contributed by atoms with Gasteiger partial charge in [-0.05, 0) is 48.4 Å². The molecular formula is C22H21NO7S. The molecule has 31 heavy (non-hydrogen) atoms. The number of nitrogens with one attached hydrogen (secondary N) is 1. The highest BCUT2D eigenvalue weighted by Crippen LogP contribution is 2.25. The minimum atomic E-state index is -3.06. The lowest BCUT2D eigenvalue weighted by Gasteiger charge is -2.12. The Bertz CT molecular complexity index is 1280. The molecule has 0 saturated carbocycles. The molecule has 1 aromatic heterocycles. The first-order valence-corrected chi connectivity index (χ1v) is 11.5. The molecule has 1 aliphatic rings. The van der Waals surface area contributed by atoms with Crippen molar-refractivity contribution in [2.24, 2.45) is 0 Å². The Kier molecular flexibility index (Phi) is 5.69. The summed E-state index contributed by atoms with van der Waals surface area (Å²) in [5.74, 6) is 0.785. The quantitative estimate of drug-likeness (QED) is 0.581. The van der Waals surface area contributed by atoms with Gasteiger partial charge in [-0.15, -0.1) is 0 Å². The summed E-state index contributed by atoms with van der Waals surface area (Å²) >= 11 is 0. The second kappa shape index (κ2) is 8.43. The molecule has 3 aromatic rings. The van der Waals surface area contributed by atoms with E-state index in [-0.39, 0.29) is 30.1 Å². The van der Waals surface area contributed by atoms with Crippen LogP contribution in [-0.4, -0.2) is 45.6 Å². The number of carbonyl (C=O) groups is 1. The van der Waals surface area contributed by atoms with Crippen LogP contribution in [0.4, 0.5) is 0 Å². The molecule has 8 nitrogen and oxygen atoms in total. The van der Waals surface area contributed by atoms with Crippen molar-refractivity contribution in [3.63, 3.8) is 0 Å². The molecule has 2 aromatic carbocycles.